The van der Waals surface area contributed by atoms with Crippen molar-refractivity contribution < 1.29 is 4.74 Å². The maximum atomic E-state index is 8.05. The molecule has 1 aromatic heterocycles. The van der Waals surface area contributed by atoms with Crippen LogP contribution in [0.3, 0.4) is 0 Å². The quantitative estimate of drug-likeness (QED) is 0.564. The predicted molar refractivity (Wildman–Crippen MR) is 112 cm³/mol. The van der Waals surface area contributed by atoms with Gasteiger partial charge in [-0.15, -0.1) is 0 Å². The molecule has 0 saturated carbocycles. The highest BCUT2D eigenvalue weighted by Gasteiger charge is 2.22. The summed E-state index contributed by atoms with van der Waals surface area (Å²) in [6, 6.07) is 8.00. The van der Waals surface area contributed by atoms with Gasteiger partial charge in [-0.2, -0.15) is 10.2 Å². The van der Waals surface area contributed by atoms with Crippen LogP contribution in [-0.4, -0.2) is 53.2 Å². The molecule has 7 heteroatoms. The molecule has 1 saturated heterocycles. The Morgan fingerprint density at radius 1 is 1.25 bits per heavy atom. The van der Waals surface area contributed by atoms with Gasteiger partial charge < -0.3 is 15.4 Å². The van der Waals surface area contributed by atoms with Gasteiger partial charge in [0.05, 0.1) is 17.5 Å². The molecule has 0 unspecified atom stereocenters. The first-order chi connectivity index (χ1) is 13.5. The van der Waals surface area contributed by atoms with Crippen LogP contribution in [0.15, 0.2) is 30.5 Å². The number of aromatic nitrogens is 2. The van der Waals surface area contributed by atoms with Gasteiger partial charge in [-0.1, -0.05) is 6.92 Å². The molecule has 2 aromatic rings. The molecule has 0 atom stereocenters. The van der Waals surface area contributed by atoms with Gasteiger partial charge in [0.25, 0.3) is 0 Å². The normalized spacial score (nSPS) is 15.1. The number of benzene rings is 1. The van der Waals surface area contributed by atoms with E-state index in [1.165, 1.54) is 0 Å². The van der Waals surface area contributed by atoms with E-state index >= 15 is 0 Å². The zero-order chi connectivity index (χ0) is 20.1. The molecule has 1 fully saturated rings. The third kappa shape index (κ3) is 4.78. The average Bonchev–Trinajstić information content (AvgIpc) is 2.68. The predicted octanol–water partition coefficient (Wildman–Crippen LogP) is 2.43. The van der Waals surface area contributed by atoms with Crippen LogP contribution in [0.4, 0.5) is 5.69 Å². The second-order valence-corrected chi connectivity index (χ2v) is 7.39. The van der Waals surface area contributed by atoms with Crippen LogP contribution in [0.2, 0.25) is 0 Å². The zero-order valence-electron chi connectivity index (χ0n) is 17.0. The van der Waals surface area contributed by atoms with Crippen molar-refractivity contribution in [1.82, 2.24) is 15.1 Å². The third-order valence-electron chi connectivity index (χ3n) is 4.94. The Hall–Kier alpha value is -2.67. The molecule has 28 heavy (non-hydrogen) atoms. The van der Waals surface area contributed by atoms with E-state index in [0.29, 0.717) is 0 Å². The summed E-state index contributed by atoms with van der Waals surface area (Å²) < 4.78 is 6.04. The average molecular weight is 383 g/mol. The number of nitrogen functional groups attached to an aromatic ring is 1. The van der Waals surface area contributed by atoms with Gasteiger partial charge in [0.2, 0.25) is 0 Å². The standard InChI is InChI=1S/C21H30N6O/c1-4-16-12-18(21(22)23)19(13-20(16)28-15(2)3)27-10-8-26(9-11-27)14-17-6-5-7-24-25-17/h5-7,12-13,15H,4,8-11,14H2,1-3H3,(H3,22,23). The Bertz CT molecular complexity index is 800. The van der Waals surface area contributed by atoms with E-state index in [0.717, 1.165) is 67.4 Å². The van der Waals surface area contributed by atoms with Crippen molar-refractivity contribution in [3.8, 4) is 5.75 Å². The van der Waals surface area contributed by atoms with Crippen molar-refractivity contribution in [1.29, 1.82) is 5.41 Å². The summed E-state index contributed by atoms with van der Waals surface area (Å²) in [5.74, 6) is 0.988. The molecule has 1 aliphatic rings. The Morgan fingerprint density at radius 2 is 2.00 bits per heavy atom. The van der Waals surface area contributed by atoms with Crippen LogP contribution < -0.4 is 15.4 Å². The lowest BCUT2D eigenvalue weighted by atomic mass is 10.0. The van der Waals surface area contributed by atoms with Crippen LogP contribution in [0.25, 0.3) is 0 Å². The number of hydrogen-bond donors (Lipinski definition) is 2. The molecule has 0 amide bonds. The molecule has 3 rings (SSSR count). The fourth-order valence-corrected chi connectivity index (χ4v) is 3.52. The van der Waals surface area contributed by atoms with Crippen molar-refractivity contribution in [3.05, 3.63) is 47.3 Å². The Kier molecular flexibility index (Phi) is 6.46. The lowest BCUT2D eigenvalue weighted by Gasteiger charge is -2.37. The molecule has 1 aliphatic heterocycles. The number of aryl methyl sites for hydroxylation is 1. The molecule has 2 heterocycles. The monoisotopic (exact) mass is 382 g/mol. The summed E-state index contributed by atoms with van der Waals surface area (Å²) in [4.78, 5) is 4.68. The first-order valence-corrected chi connectivity index (χ1v) is 9.89. The Morgan fingerprint density at radius 3 is 2.57 bits per heavy atom. The second kappa shape index (κ2) is 9.01. The minimum Gasteiger partial charge on any atom is -0.491 e. The van der Waals surface area contributed by atoms with E-state index in [2.05, 4.69) is 33.0 Å². The minimum atomic E-state index is 0.0998. The van der Waals surface area contributed by atoms with Gasteiger partial charge in [-0.3, -0.25) is 10.3 Å². The highest BCUT2D eigenvalue weighted by molar-refractivity contribution is 6.01. The summed E-state index contributed by atoms with van der Waals surface area (Å²) in [7, 11) is 0. The van der Waals surface area contributed by atoms with E-state index < -0.39 is 0 Å². The molecule has 0 aliphatic carbocycles. The molecular formula is C21H30N6O. The molecule has 7 nitrogen and oxygen atoms in total. The number of anilines is 1. The van der Waals surface area contributed by atoms with E-state index in [1.807, 2.05) is 32.0 Å². The molecule has 0 radical (unpaired) electrons. The number of hydrogen-bond acceptors (Lipinski definition) is 6. The van der Waals surface area contributed by atoms with Crippen molar-refractivity contribution in [2.75, 3.05) is 31.1 Å². The highest BCUT2D eigenvalue weighted by Crippen LogP contribution is 2.32. The SMILES string of the molecule is CCc1cc(C(=N)N)c(N2CCN(Cc3cccnn3)CC2)cc1OC(C)C. The maximum absolute atomic E-state index is 8.05. The number of nitrogens with two attached hydrogens (primary N) is 1. The number of amidine groups is 1. The number of ether oxygens (including phenoxy) is 1. The van der Waals surface area contributed by atoms with Crippen LogP contribution in [0.5, 0.6) is 5.75 Å². The summed E-state index contributed by atoms with van der Waals surface area (Å²) in [5, 5.41) is 16.2. The molecule has 150 valence electrons. The number of piperazine rings is 1. The van der Waals surface area contributed by atoms with E-state index in [1.54, 1.807) is 6.20 Å². The van der Waals surface area contributed by atoms with Gasteiger partial charge in [-0.05, 0) is 44.0 Å². The first-order valence-electron chi connectivity index (χ1n) is 9.89. The van der Waals surface area contributed by atoms with Crippen molar-refractivity contribution >= 4 is 11.5 Å². The summed E-state index contributed by atoms with van der Waals surface area (Å²) in [6.45, 7) is 10.5. The van der Waals surface area contributed by atoms with Crippen molar-refractivity contribution in [2.24, 2.45) is 5.73 Å². The lowest BCUT2D eigenvalue weighted by molar-refractivity contribution is 0.239. The van der Waals surface area contributed by atoms with Gasteiger partial charge in [-0.25, -0.2) is 0 Å². The first kappa shape index (κ1) is 20.1. The summed E-state index contributed by atoms with van der Waals surface area (Å²) in [5.41, 5.74) is 9.76. The maximum Gasteiger partial charge on any atom is 0.124 e. The fourth-order valence-electron chi connectivity index (χ4n) is 3.52. The van der Waals surface area contributed by atoms with E-state index in [4.69, 9.17) is 15.9 Å². The number of nitrogens with zero attached hydrogens (tertiary/aromatic N) is 4. The molecule has 1 aromatic carbocycles. The Labute approximate surface area is 167 Å². The van der Waals surface area contributed by atoms with Gasteiger partial charge >= 0.3 is 0 Å². The lowest BCUT2D eigenvalue weighted by Crippen LogP contribution is -2.46. The summed E-state index contributed by atoms with van der Waals surface area (Å²) >= 11 is 0. The molecule has 3 N–H and O–H groups in total. The zero-order valence-corrected chi connectivity index (χ0v) is 17.0. The smallest absolute Gasteiger partial charge is 0.124 e. The van der Waals surface area contributed by atoms with Gasteiger partial charge in [0, 0.05) is 50.6 Å². The fraction of sp³-hybridized carbons (Fsp3) is 0.476. The number of nitrogens with one attached hydrogen (secondary N) is 1. The van der Waals surface area contributed by atoms with Crippen LogP contribution >= 0.6 is 0 Å². The third-order valence-corrected chi connectivity index (χ3v) is 4.94. The van der Waals surface area contributed by atoms with Crippen molar-refractivity contribution in [3.63, 3.8) is 0 Å². The minimum absolute atomic E-state index is 0.0998. The summed E-state index contributed by atoms with van der Waals surface area (Å²) in [6.07, 6.45) is 2.64. The van der Waals surface area contributed by atoms with E-state index in [-0.39, 0.29) is 11.9 Å². The largest absolute Gasteiger partial charge is 0.491 e. The van der Waals surface area contributed by atoms with Crippen LogP contribution in [0, 0.1) is 5.41 Å². The van der Waals surface area contributed by atoms with Gasteiger partial charge in [0.15, 0.2) is 0 Å². The van der Waals surface area contributed by atoms with Gasteiger partial charge in [0.1, 0.15) is 11.6 Å². The Balaban J connectivity index is 1.78. The van der Waals surface area contributed by atoms with Crippen molar-refractivity contribution in [2.45, 2.75) is 39.8 Å². The second-order valence-electron chi connectivity index (χ2n) is 7.39. The number of rotatable bonds is 7. The molecule has 0 bridgehead atoms. The topological polar surface area (TPSA) is 91.4 Å². The highest BCUT2D eigenvalue weighted by atomic mass is 16.5. The molecule has 0 spiro atoms. The van der Waals surface area contributed by atoms with Crippen LogP contribution in [0.1, 0.15) is 37.6 Å². The van der Waals surface area contributed by atoms with Crippen LogP contribution in [-0.2, 0) is 13.0 Å². The van der Waals surface area contributed by atoms with E-state index in [9.17, 15) is 0 Å². The molecular weight excluding hydrogens is 352 g/mol.